The van der Waals surface area contributed by atoms with Crippen molar-refractivity contribution in [1.29, 1.82) is 0 Å². The number of carbonyl (C=O) groups is 1. The minimum absolute atomic E-state index is 0.0778. The SMILES string of the molecule is CN1CCC(CN(C)S(=O)(=O)c2ccc(C(=O)O)cc2)C1. The molecule has 0 aliphatic carbocycles. The quantitative estimate of drug-likeness (QED) is 0.876. The van der Waals surface area contributed by atoms with Crippen LogP contribution in [0.1, 0.15) is 16.8 Å². The van der Waals surface area contributed by atoms with Crippen LogP contribution < -0.4 is 0 Å². The zero-order valence-electron chi connectivity index (χ0n) is 12.2. The second-order valence-electron chi connectivity index (χ2n) is 5.53. The van der Waals surface area contributed by atoms with Crippen molar-refractivity contribution in [3.05, 3.63) is 29.8 Å². The van der Waals surface area contributed by atoms with E-state index in [4.69, 9.17) is 5.11 Å². The Bertz CT molecular complexity index is 612. The van der Waals surface area contributed by atoms with Crippen molar-refractivity contribution in [2.75, 3.05) is 33.7 Å². The number of benzene rings is 1. The van der Waals surface area contributed by atoms with Gasteiger partial charge in [0.2, 0.25) is 10.0 Å². The molecule has 1 atom stereocenters. The van der Waals surface area contributed by atoms with Crippen molar-refractivity contribution in [2.45, 2.75) is 11.3 Å². The third kappa shape index (κ3) is 3.61. The molecule has 1 aliphatic rings. The zero-order valence-corrected chi connectivity index (χ0v) is 13.0. The van der Waals surface area contributed by atoms with E-state index in [0.717, 1.165) is 19.5 Å². The molecule has 21 heavy (non-hydrogen) atoms. The van der Waals surface area contributed by atoms with E-state index in [1.165, 1.54) is 28.6 Å². The summed E-state index contributed by atoms with van der Waals surface area (Å²) in [5.41, 5.74) is 0.0778. The van der Waals surface area contributed by atoms with Crippen LogP contribution in [0.2, 0.25) is 0 Å². The first-order valence-electron chi connectivity index (χ1n) is 6.79. The molecule has 1 fully saturated rings. The number of sulfonamides is 1. The van der Waals surface area contributed by atoms with Gasteiger partial charge in [-0.2, -0.15) is 0 Å². The van der Waals surface area contributed by atoms with Gasteiger partial charge in [-0.25, -0.2) is 17.5 Å². The first-order valence-corrected chi connectivity index (χ1v) is 8.23. The predicted octanol–water partition coefficient (Wildman–Crippen LogP) is 0.957. The van der Waals surface area contributed by atoms with Crippen molar-refractivity contribution in [3.63, 3.8) is 0 Å². The van der Waals surface area contributed by atoms with Gasteiger partial charge in [0.1, 0.15) is 0 Å². The van der Waals surface area contributed by atoms with Gasteiger partial charge in [-0.15, -0.1) is 0 Å². The normalized spacial score (nSPS) is 20.0. The zero-order chi connectivity index (χ0) is 15.6. The topological polar surface area (TPSA) is 77.9 Å². The van der Waals surface area contributed by atoms with Crippen LogP contribution in [0, 0.1) is 5.92 Å². The highest BCUT2D eigenvalue weighted by Crippen LogP contribution is 2.20. The smallest absolute Gasteiger partial charge is 0.335 e. The van der Waals surface area contributed by atoms with Crippen LogP contribution in [0.5, 0.6) is 0 Å². The van der Waals surface area contributed by atoms with Crippen molar-refractivity contribution < 1.29 is 18.3 Å². The molecule has 1 N–H and O–H groups in total. The molecule has 0 saturated carbocycles. The third-order valence-electron chi connectivity index (χ3n) is 3.81. The van der Waals surface area contributed by atoms with E-state index in [0.29, 0.717) is 12.5 Å². The minimum atomic E-state index is -3.56. The molecule has 1 aromatic carbocycles. The molecule has 0 bridgehead atoms. The summed E-state index contributed by atoms with van der Waals surface area (Å²) in [6.07, 6.45) is 0.994. The molecule has 1 saturated heterocycles. The molecular weight excluding hydrogens is 292 g/mol. The Morgan fingerprint density at radius 1 is 1.38 bits per heavy atom. The highest BCUT2D eigenvalue weighted by Gasteiger charge is 2.27. The molecule has 7 heteroatoms. The minimum Gasteiger partial charge on any atom is -0.478 e. The van der Waals surface area contributed by atoms with Crippen molar-refractivity contribution in [1.82, 2.24) is 9.21 Å². The summed E-state index contributed by atoms with van der Waals surface area (Å²) >= 11 is 0. The van der Waals surface area contributed by atoms with Crippen LogP contribution in [0.4, 0.5) is 0 Å². The maximum absolute atomic E-state index is 12.4. The van der Waals surface area contributed by atoms with Gasteiger partial charge in [0.05, 0.1) is 10.5 Å². The van der Waals surface area contributed by atoms with Gasteiger partial charge in [-0.05, 0) is 50.2 Å². The Labute approximate surface area is 125 Å². The third-order valence-corrected chi connectivity index (χ3v) is 5.65. The lowest BCUT2D eigenvalue weighted by Gasteiger charge is -2.21. The molecule has 1 aromatic rings. The van der Waals surface area contributed by atoms with E-state index >= 15 is 0 Å². The number of rotatable bonds is 5. The van der Waals surface area contributed by atoms with E-state index in [1.54, 1.807) is 7.05 Å². The van der Waals surface area contributed by atoms with E-state index in [-0.39, 0.29) is 10.5 Å². The Morgan fingerprint density at radius 2 is 2.00 bits per heavy atom. The van der Waals surface area contributed by atoms with Crippen LogP contribution in [-0.4, -0.2) is 62.4 Å². The molecular formula is C14H20N2O4S. The van der Waals surface area contributed by atoms with Gasteiger partial charge in [-0.3, -0.25) is 0 Å². The number of hydrogen-bond donors (Lipinski definition) is 1. The van der Waals surface area contributed by atoms with Gasteiger partial charge < -0.3 is 10.0 Å². The Balaban J connectivity index is 2.11. The number of aromatic carboxylic acids is 1. The molecule has 1 aliphatic heterocycles. The number of hydrogen-bond acceptors (Lipinski definition) is 4. The number of carboxylic acids is 1. The van der Waals surface area contributed by atoms with Crippen LogP contribution in [0.25, 0.3) is 0 Å². The van der Waals surface area contributed by atoms with Gasteiger partial charge in [0.15, 0.2) is 0 Å². The van der Waals surface area contributed by atoms with E-state index in [1.807, 2.05) is 7.05 Å². The van der Waals surface area contributed by atoms with Gasteiger partial charge >= 0.3 is 5.97 Å². The van der Waals surface area contributed by atoms with Gasteiger partial charge in [0, 0.05) is 20.1 Å². The second-order valence-corrected chi connectivity index (χ2v) is 7.58. The maximum Gasteiger partial charge on any atom is 0.335 e. The summed E-state index contributed by atoms with van der Waals surface area (Å²) in [4.78, 5) is 13.1. The highest BCUT2D eigenvalue weighted by molar-refractivity contribution is 7.89. The van der Waals surface area contributed by atoms with Gasteiger partial charge in [-0.1, -0.05) is 0 Å². The van der Waals surface area contributed by atoms with E-state index in [2.05, 4.69) is 4.90 Å². The molecule has 1 heterocycles. The predicted molar refractivity (Wildman–Crippen MR) is 78.8 cm³/mol. The monoisotopic (exact) mass is 312 g/mol. The number of carboxylic acid groups (broad SMARTS) is 1. The van der Waals surface area contributed by atoms with E-state index < -0.39 is 16.0 Å². The fourth-order valence-corrected chi connectivity index (χ4v) is 3.83. The second kappa shape index (κ2) is 6.13. The van der Waals surface area contributed by atoms with Crippen LogP contribution in [-0.2, 0) is 10.0 Å². The highest BCUT2D eigenvalue weighted by atomic mass is 32.2. The lowest BCUT2D eigenvalue weighted by molar-refractivity contribution is 0.0696. The lowest BCUT2D eigenvalue weighted by Crippen LogP contribution is -2.32. The van der Waals surface area contributed by atoms with Crippen molar-refractivity contribution >= 4 is 16.0 Å². The summed E-state index contributed by atoms with van der Waals surface area (Å²) in [6, 6.07) is 5.31. The van der Waals surface area contributed by atoms with E-state index in [9.17, 15) is 13.2 Å². The Kier molecular flexibility index (Phi) is 4.65. The summed E-state index contributed by atoms with van der Waals surface area (Å²) in [7, 11) is 0.0306. The Hall–Kier alpha value is -1.44. The molecule has 0 spiro atoms. The number of likely N-dealkylation sites (tertiary alicyclic amines) is 1. The van der Waals surface area contributed by atoms with Crippen LogP contribution in [0.15, 0.2) is 29.2 Å². The largest absolute Gasteiger partial charge is 0.478 e. The standard InChI is InChI=1S/C14H20N2O4S/c1-15-8-7-11(9-15)10-16(2)21(19,20)13-5-3-12(4-6-13)14(17)18/h3-6,11H,7-10H2,1-2H3,(H,17,18). The maximum atomic E-state index is 12.4. The van der Waals surface area contributed by atoms with Gasteiger partial charge in [0.25, 0.3) is 0 Å². The van der Waals surface area contributed by atoms with Crippen LogP contribution in [0.3, 0.4) is 0 Å². The van der Waals surface area contributed by atoms with Crippen molar-refractivity contribution in [3.8, 4) is 0 Å². The van der Waals surface area contributed by atoms with Crippen molar-refractivity contribution in [2.24, 2.45) is 5.92 Å². The molecule has 2 rings (SSSR count). The molecule has 0 amide bonds. The fraction of sp³-hybridized carbons (Fsp3) is 0.500. The Morgan fingerprint density at radius 3 is 2.48 bits per heavy atom. The lowest BCUT2D eigenvalue weighted by atomic mass is 10.1. The summed E-state index contributed by atoms with van der Waals surface area (Å²) in [5, 5.41) is 8.84. The number of nitrogens with zero attached hydrogens (tertiary/aromatic N) is 2. The summed E-state index contributed by atoms with van der Waals surface area (Å²) in [6.45, 7) is 2.37. The first-order chi connectivity index (χ1) is 9.80. The first kappa shape index (κ1) is 15.9. The average Bonchev–Trinajstić information content (AvgIpc) is 2.84. The molecule has 1 unspecified atom stereocenters. The molecule has 116 valence electrons. The molecule has 0 radical (unpaired) electrons. The average molecular weight is 312 g/mol. The molecule has 0 aromatic heterocycles. The molecule has 6 nitrogen and oxygen atoms in total. The summed E-state index contributed by atoms with van der Waals surface area (Å²) in [5.74, 6) is -0.727. The fourth-order valence-electron chi connectivity index (χ4n) is 2.59. The summed E-state index contributed by atoms with van der Waals surface area (Å²) < 4.78 is 26.2. The van der Waals surface area contributed by atoms with Crippen LogP contribution >= 0.6 is 0 Å².